The third-order valence-electron chi connectivity index (χ3n) is 3.63. The maximum Gasteiger partial charge on any atom is 0.305 e. The van der Waals surface area contributed by atoms with Gasteiger partial charge in [-0.3, -0.25) is 19.2 Å². The summed E-state index contributed by atoms with van der Waals surface area (Å²) in [6.45, 7) is 5.99. The first-order valence-corrected chi connectivity index (χ1v) is 8.86. The molecule has 0 aromatic carbocycles. The van der Waals surface area contributed by atoms with Crippen molar-refractivity contribution in [2.24, 2.45) is 5.92 Å². The zero-order chi connectivity index (χ0) is 19.7. The molecule has 9 heteroatoms. The largest absolute Gasteiger partial charge is 0.466 e. The summed E-state index contributed by atoms with van der Waals surface area (Å²) in [6.07, 6.45) is 0.340. The summed E-state index contributed by atoms with van der Waals surface area (Å²) in [6, 6.07) is -1.58. The molecule has 2 N–H and O–H groups in total. The average molecular weight is 366 g/mol. The van der Waals surface area contributed by atoms with E-state index >= 15 is 0 Å². The second-order valence-electron chi connectivity index (χ2n) is 6.94. The van der Waals surface area contributed by atoms with E-state index in [1.165, 1.54) is 0 Å². The highest BCUT2D eigenvalue weighted by atomic mass is 16.5. The Balaban J connectivity index is 2.35. The normalized spacial score (nSPS) is 20.9. The van der Waals surface area contributed by atoms with Gasteiger partial charge >= 0.3 is 11.9 Å². The maximum absolute atomic E-state index is 12.1. The number of hydrogen-bond acceptors (Lipinski definition) is 6. The van der Waals surface area contributed by atoms with Crippen LogP contribution < -0.4 is 10.6 Å². The lowest BCUT2D eigenvalue weighted by Gasteiger charge is -2.29. The van der Waals surface area contributed by atoms with Gasteiger partial charge in [-0.05, 0) is 24.6 Å². The first-order chi connectivity index (χ1) is 12.2. The van der Waals surface area contributed by atoms with Gasteiger partial charge in [-0.2, -0.15) is 0 Å². The molecule has 0 spiro atoms. The molecule has 2 amide bonds. The van der Waals surface area contributed by atoms with Crippen LogP contribution in [-0.2, 0) is 28.7 Å². The van der Waals surface area contributed by atoms with E-state index in [1.54, 1.807) is 6.92 Å². The number of ether oxygens (including phenoxy) is 2. The van der Waals surface area contributed by atoms with E-state index < -0.39 is 24.0 Å². The Morgan fingerprint density at radius 2 is 1.35 bits per heavy atom. The molecule has 1 aliphatic heterocycles. The van der Waals surface area contributed by atoms with E-state index in [0.717, 1.165) is 0 Å². The van der Waals surface area contributed by atoms with Gasteiger partial charge in [0.2, 0.25) is 11.8 Å². The number of rotatable bonds is 10. The Bertz CT molecular complexity index is 477. The third kappa shape index (κ3) is 8.35. The van der Waals surface area contributed by atoms with Gasteiger partial charge in [0.15, 0.2) is 0 Å². The monoisotopic (exact) mass is 366 g/mol. The van der Waals surface area contributed by atoms with Crippen LogP contribution >= 0.6 is 0 Å². The van der Waals surface area contributed by atoms with Gasteiger partial charge in [0, 0.05) is 12.8 Å². The van der Waals surface area contributed by atoms with Crippen LogP contribution in [0.1, 0.15) is 46.5 Å². The van der Waals surface area contributed by atoms with Crippen LogP contribution in [0.25, 0.3) is 0 Å². The van der Waals surface area contributed by atoms with E-state index in [0.29, 0.717) is 6.61 Å². The molecule has 8 nitrogen and oxygen atoms in total. The molecule has 1 saturated heterocycles. The van der Waals surface area contributed by atoms with Crippen molar-refractivity contribution in [3.63, 3.8) is 0 Å². The first-order valence-electron chi connectivity index (χ1n) is 8.86. The summed E-state index contributed by atoms with van der Waals surface area (Å²) in [5.74, 6) is -1.67. The van der Waals surface area contributed by atoms with Crippen molar-refractivity contribution in [1.29, 1.82) is 0 Å². The van der Waals surface area contributed by atoms with Crippen LogP contribution in [-0.4, -0.2) is 56.9 Å². The summed E-state index contributed by atoms with van der Waals surface area (Å²) in [7, 11) is 5.49. The van der Waals surface area contributed by atoms with Crippen molar-refractivity contribution in [1.82, 2.24) is 10.6 Å². The minimum atomic E-state index is -0.797. The lowest BCUT2D eigenvalue weighted by Crippen LogP contribution is -2.61. The fourth-order valence-electron chi connectivity index (χ4n) is 2.23. The van der Waals surface area contributed by atoms with Crippen molar-refractivity contribution in [3.05, 3.63) is 0 Å². The third-order valence-corrected chi connectivity index (χ3v) is 3.63. The molecular weight excluding hydrogens is 339 g/mol. The molecule has 1 rings (SSSR count). The summed E-state index contributed by atoms with van der Waals surface area (Å²) < 4.78 is 9.96. The Morgan fingerprint density at radius 3 is 1.73 bits per heavy atom. The number of nitrogens with one attached hydrogen (secondary N) is 2. The van der Waals surface area contributed by atoms with E-state index in [1.807, 2.05) is 13.8 Å². The Morgan fingerprint density at radius 1 is 0.923 bits per heavy atom. The van der Waals surface area contributed by atoms with Crippen LogP contribution in [0.2, 0.25) is 5.82 Å². The minimum absolute atomic E-state index is 0.00270. The SMILES string of the molecule is [B]C(C)COC(=O)CCC1NC(=O)C(CCC(=O)OCC(C)C)NC1=O. The summed E-state index contributed by atoms with van der Waals surface area (Å²) in [5.41, 5.74) is 0. The second-order valence-corrected chi connectivity index (χ2v) is 6.94. The van der Waals surface area contributed by atoms with Crippen molar-refractivity contribution < 1.29 is 28.7 Å². The highest BCUT2D eigenvalue weighted by Crippen LogP contribution is 2.10. The molecule has 0 aliphatic carbocycles. The summed E-state index contributed by atoms with van der Waals surface area (Å²) in [5, 5.41) is 5.15. The van der Waals surface area contributed by atoms with Crippen molar-refractivity contribution >= 4 is 31.6 Å². The lowest BCUT2D eigenvalue weighted by molar-refractivity contribution is -0.147. The van der Waals surface area contributed by atoms with Gasteiger partial charge in [-0.15, -0.1) is 0 Å². The molecular formula is C17H27BN2O6. The van der Waals surface area contributed by atoms with E-state index in [2.05, 4.69) is 10.6 Å². The molecule has 0 saturated carbocycles. The predicted octanol–water partition coefficient (Wildman–Crippen LogP) is 0.249. The molecule has 0 bridgehead atoms. The molecule has 3 unspecified atom stereocenters. The molecule has 144 valence electrons. The number of esters is 2. The Kier molecular flexibility index (Phi) is 9.16. The zero-order valence-corrected chi connectivity index (χ0v) is 15.6. The molecule has 1 heterocycles. The zero-order valence-electron chi connectivity index (χ0n) is 15.6. The van der Waals surface area contributed by atoms with Gasteiger partial charge in [-0.1, -0.05) is 20.8 Å². The van der Waals surface area contributed by atoms with Gasteiger partial charge in [0.05, 0.1) is 21.1 Å². The molecule has 1 fully saturated rings. The van der Waals surface area contributed by atoms with Crippen LogP contribution in [0.4, 0.5) is 0 Å². The molecule has 26 heavy (non-hydrogen) atoms. The number of piperazine rings is 1. The highest BCUT2D eigenvalue weighted by Gasteiger charge is 2.33. The smallest absolute Gasteiger partial charge is 0.305 e. The quantitative estimate of drug-likeness (QED) is 0.424. The van der Waals surface area contributed by atoms with Crippen LogP contribution in [0, 0.1) is 5.92 Å². The molecule has 1 aliphatic rings. The van der Waals surface area contributed by atoms with Crippen LogP contribution in [0.5, 0.6) is 0 Å². The number of hydrogen-bond donors (Lipinski definition) is 2. The standard InChI is InChI=1S/C17H27BN2O6/c1-10(2)8-25-14(21)6-4-12-16(23)20-13(17(24)19-12)5-7-15(22)26-9-11(3)18/h10-13H,4-9H2,1-3H3,(H,19,24)(H,20,23). The van der Waals surface area contributed by atoms with E-state index in [-0.39, 0.29) is 55.8 Å². The number of amides is 2. The number of carbonyl (C=O) groups excluding carboxylic acids is 4. The Hall–Kier alpha value is -2.06. The minimum Gasteiger partial charge on any atom is -0.466 e. The first kappa shape index (κ1) is 22.0. The van der Waals surface area contributed by atoms with Gasteiger partial charge in [-0.25, -0.2) is 0 Å². The average Bonchev–Trinajstić information content (AvgIpc) is 2.57. The second kappa shape index (κ2) is 10.8. The maximum atomic E-state index is 12.1. The van der Waals surface area contributed by atoms with Gasteiger partial charge < -0.3 is 20.1 Å². The van der Waals surface area contributed by atoms with Gasteiger partial charge in [0.1, 0.15) is 12.1 Å². The fourth-order valence-corrected chi connectivity index (χ4v) is 2.23. The molecule has 2 radical (unpaired) electrons. The van der Waals surface area contributed by atoms with Crippen molar-refractivity contribution in [2.45, 2.75) is 64.4 Å². The molecule has 3 atom stereocenters. The van der Waals surface area contributed by atoms with Crippen molar-refractivity contribution in [3.8, 4) is 0 Å². The van der Waals surface area contributed by atoms with Crippen LogP contribution in [0.3, 0.4) is 0 Å². The molecule has 0 aromatic rings. The fraction of sp³-hybridized carbons (Fsp3) is 0.765. The van der Waals surface area contributed by atoms with Gasteiger partial charge in [0.25, 0.3) is 0 Å². The summed E-state index contributed by atoms with van der Waals surface area (Å²) in [4.78, 5) is 47.3. The topological polar surface area (TPSA) is 111 Å². The van der Waals surface area contributed by atoms with E-state index in [4.69, 9.17) is 17.3 Å². The predicted molar refractivity (Wildman–Crippen MR) is 94.3 cm³/mol. The highest BCUT2D eigenvalue weighted by molar-refractivity contribution is 6.11. The molecule has 0 aromatic heterocycles. The Labute approximate surface area is 155 Å². The summed E-state index contributed by atoms with van der Waals surface area (Å²) >= 11 is 0. The lowest BCUT2D eigenvalue weighted by atomic mass is 9.91. The van der Waals surface area contributed by atoms with E-state index in [9.17, 15) is 19.2 Å². The van der Waals surface area contributed by atoms with Crippen molar-refractivity contribution in [2.75, 3.05) is 13.2 Å². The van der Waals surface area contributed by atoms with Crippen LogP contribution in [0.15, 0.2) is 0 Å². The number of carbonyl (C=O) groups is 4.